The molecule has 1 saturated heterocycles. The molecule has 29 heavy (non-hydrogen) atoms. The maximum absolute atomic E-state index is 13.5. The molecule has 0 radical (unpaired) electrons. The largest absolute Gasteiger partial charge is 0.500 e. The highest BCUT2D eigenvalue weighted by Crippen LogP contribution is 2.64. The van der Waals surface area contributed by atoms with Crippen LogP contribution in [0.5, 0.6) is 0 Å². The summed E-state index contributed by atoms with van der Waals surface area (Å²) in [6, 6.07) is 0. The Balaban J connectivity index is 2.52. The number of ether oxygens (including phenoxy) is 2. The lowest BCUT2D eigenvalue weighted by atomic mass is 9.49. The molecule has 1 spiro atoms. The predicted molar refractivity (Wildman–Crippen MR) is 118 cm³/mol. The first-order valence-electron chi connectivity index (χ1n) is 10.8. The normalized spacial score (nSPS) is 21.5. The van der Waals surface area contributed by atoms with Crippen LogP contribution in [0.2, 0.25) is 0 Å². The third-order valence-electron chi connectivity index (χ3n) is 6.72. The summed E-state index contributed by atoms with van der Waals surface area (Å²) in [5.41, 5.74) is -1.46. The maximum atomic E-state index is 13.5. The van der Waals surface area contributed by atoms with Crippen LogP contribution in [0.25, 0.3) is 0 Å². The summed E-state index contributed by atoms with van der Waals surface area (Å²) < 4.78 is 12.1. The van der Waals surface area contributed by atoms with Crippen LogP contribution in [0.1, 0.15) is 54.4 Å². The zero-order chi connectivity index (χ0) is 22.3. The van der Waals surface area contributed by atoms with E-state index < -0.39 is 10.8 Å². The van der Waals surface area contributed by atoms with Gasteiger partial charge in [0.2, 0.25) is 5.91 Å². The van der Waals surface area contributed by atoms with Gasteiger partial charge < -0.3 is 19.3 Å². The van der Waals surface area contributed by atoms with Gasteiger partial charge >= 0.3 is 0 Å². The maximum Gasteiger partial charge on any atom is 0.236 e. The Morgan fingerprint density at radius 2 is 1.48 bits per heavy atom. The fraction of sp³-hybridized carbons (Fsp3) is 0.792. The number of methoxy groups -OCH3 is 2. The molecule has 1 amide bonds. The average molecular weight is 407 g/mol. The Morgan fingerprint density at radius 1 is 1.00 bits per heavy atom. The Labute approximate surface area is 178 Å². The first kappa shape index (κ1) is 23.8. The van der Waals surface area contributed by atoms with Gasteiger partial charge in [0.05, 0.1) is 25.0 Å². The van der Waals surface area contributed by atoms with Gasteiger partial charge in [-0.2, -0.15) is 0 Å². The third kappa shape index (κ3) is 3.83. The number of carbonyl (C=O) groups is 1. The summed E-state index contributed by atoms with van der Waals surface area (Å²) >= 11 is 0. The zero-order valence-electron chi connectivity index (χ0n) is 20.3. The summed E-state index contributed by atoms with van der Waals surface area (Å²) in [6.07, 6.45) is 5.93. The van der Waals surface area contributed by atoms with Gasteiger partial charge in [0.25, 0.3) is 0 Å². The molecule has 2 rings (SSSR count). The second-order valence-electron chi connectivity index (χ2n) is 10.9. The van der Waals surface area contributed by atoms with E-state index in [0.717, 1.165) is 44.0 Å². The summed E-state index contributed by atoms with van der Waals surface area (Å²) in [7, 11) is 7.57. The lowest BCUT2D eigenvalue weighted by Gasteiger charge is -2.56. The smallest absolute Gasteiger partial charge is 0.236 e. The molecule has 166 valence electrons. The van der Waals surface area contributed by atoms with Crippen molar-refractivity contribution in [1.29, 1.82) is 0 Å². The fourth-order valence-corrected chi connectivity index (χ4v) is 5.76. The Kier molecular flexibility index (Phi) is 6.54. The van der Waals surface area contributed by atoms with Gasteiger partial charge in [-0.15, -0.1) is 0 Å². The molecule has 1 aliphatic carbocycles. The van der Waals surface area contributed by atoms with E-state index in [2.05, 4.69) is 72.7 Å². The fourth-order valence-electron chi connectivity index (χ4n) is 5.76. The second kappa shape index (κ2) is 7.98. The van der Waals surface area contributed by atoms with Crippen LogP contribution in [0.15, 0.2) is 23.7 Å². The van der Waals surface area contributed by atoms with E-state index in [9.17, 15) is 4.79 Å². The van der Waals surface area contributed by atoms with Crippen molar-refractivity contribution < 1.29 is 14.3 Å². The highest BCUT2D eigenvalue weighted by atomic mass is 16.5. The monoisotopic (exact) mass is 406 g/mol. The lowest BCUT2D eigenvalue weighted by Crippen LogP contribution is -2.53. The first-order chi connectivity index (χ1) is 13.3. The van der Waals surface area contributed by atoms with E-state index in [4.69, 9.17) is 9.47 Å². The standard InChI is InChI=1S/C24H42N2O3/c1-21(2,3)24(22(4,5)6)18(28-9)16-23(17-19(24)29-10)12-15-26(20(23)27)14-11-13-25(7)8/h16-17H,11-15H2,1-10H3. The van der Waals surface area contributed by atoms with E-state index >= 15 is 0 Å². The van der Waals surface area contributed by atoms with Gasteiger partial charge in [-0.05, 0) is 56.5 Å². The van der Waals surface area contributed by atoms with E-state index in [-0.39, 0.29) is 16.7 Å². The molecule has 0 aromatic rings. The minimum absolute atomic E-state index is 0.163. The molecule has 1 fully saturated rings. The summed E-state index contributed by atoms with van der Waals surface area (Å²) in [5.74, 6) is 1.86. The van der Waals surface area contributed by atoms with E-state index in [1.807, 2.05) is 4.90 Å². The molecule has 0 N–H and O–H groups in total. The predicted octanol–water partition coefficient (Wildman–Crippen LogP) is 4.31. The SMILES string of the molecule is COC1=CC2(C=C(OC)C1(C(C)(C)C)C(C)(C)C)CCN(CCCN(C)C)C2=O. The Hall–Kier alpha value is -1.49. The van der Waals surface area contributed by atoms with Crippen molar-refractivity contribution in [3.63, 3.8) is 0 Å². The van der Waals surface area contributed by atoms with Crippen LogP contribution in [0, 0.1) is 21.7 Å². The Morgan fingerprint density at radius 3 is 1.86 bits per heavy atom. The molecular formula is C24H42N2O3. The van der Waals surface area contributed by atoms with Gasteiger partial charge in [0.1, 0.15) is 11.5 Å². The van der Waals surface area contributed by atoms with E-state index in [0.29, 0.717) is 0 Å². The summed E-state index contributed by atoms with van der Waals surface area (Å²) in [4.78, 5) is 17.7. The molecule has 0 unspecified atom stereocenters. The minimum atomic E-state index is -0.672. The number of carbonyl (C=O) groups excluding carboxylic acids is 1. The van der Waals surface area contributed by atoms with Crippen molar-refractivity contribution >= 4 is 5.91 Å². The molecule has 0 aromatic heterocycles. The minimum Gasteiger partial charge on any atom is -0.500 e. The van der Waals surface area contributed by atoms with Crippen molar-refractivity contribution in [2.75, 3.05) is 47.9 Å². The van der Waals surface area contributed by atoms with Gasteiger partial charge in [-0.25, -0.2) is 0 Å². The van der Waals surface area contributed by atoms with E-state index in [1.54, 1.807) is 14.2 Å². The summed E-state index contributed by atoms with van der Waals surface area (Å²) in [5, 5.41) is 0. The summed E-state index contributed by atoms with van der Waals surface area (Å²) in [6.45, 7) is 15.9. The van der Waals surface area contributed by atoms with Gasteiger partial charge in [-0.3, -0.25) is 4.79 Å². The van der Waals surface area contributed by atoms with Crippen LogP contribution in [-0.4, -0.2) is 63.7 Å². The molecule has 0 atom stereocenters. The number of hydrogen-bond acceptors (Lipinski definition) is 4. The second-order valence-corrected chi connectivity index (χ2v) is 10.9. The van der Waals surface area contributed by atoms with Gasteiger partial charge in [0.15, 0.2) is 0 Å². The molecular weight excluding hydrogens is 364 g/mol. The molecule has 2 aliphatic rings. The molecule has 0 aromatic carbocycles. The zero-order valence-corrected chi connectivity index (χ0v) is 20.3. The number of rotatable bonds is 6. The van der Waals surface area contributed by atoms with Crippen molar-refractivity contribution in [2.45, 2.75) is 54.4 Å². The van der Waals surface area contributed by atoms with Crippen molar-refractivity contribution in [2.24, 2.45) is 21.7 Å². The van der Waals surface area contributed by atoms with Crippen LogP contribution in [-0.2, 0) is 14.3 Å². The Bertz CT molecular complexity index is 639. The van der Waals surface area contributed by atoms with Gasteiger partial charge in [0, 0.05) is 13.1 Å². The van der Waals surface area contributed by atoms with Crippen LogP contribution < -0.4 is 0 Å². The first-order valence-corrected chi connectivity index (χ1v) is 10.8. The highest BCUT2D eigenvalue weighted by Gasteiger charge is 2.62. The molecule has 5 nitrogen and oxygen atoms in total. The van der Waals surface area contributed by atoms with Gasteiger partial charge in [-0.1, -0.05) is 41.5 Å². The van der Waals surface area contributed by atoms with Crippen LogP contribution >= 0.6 is 0 Å². The number of nitrogens with zero attached hydrogens (tertiary/aromatic N) is 2. The average Bonchev–Trinajstić information content (AvgIpc) is 2.87. The molecule has 1 aliphatic heterocycles. The van der Waals surface area contributed by atoms with Crippen molar-refractivity contribution in [3.05, 3.63) is 23.7 Å². The molecule has 0 bridgehead atoms. The molecule has 0 saturated carbocycles. The topological polar surface area (TPSA) is 42.0 Å². The third-order valence-corrected chi connectivity index (χ3v) is 6.72. The quantitative estimate of drug-likeness (QED) is 0.659. The van der Waals surface area contributed by atoms with Crippen molar-refractivity contribution in [1.82, 2.24) is 9.80 Å². The van der Waals surface area contributed by atoms with E-state index in [1.165, 1.54) is 0 Å². The molecule has 1 heterocycles. The van der Waals surface area contributed by atoms with Crippen LogP contribution in [0.4, 0.5) is 0 Å². The number of hydrogen-bond donors (Lipinski definition) is 0. The highest BCUT2D eigenvalue weighted by molar-refractivity contribution is 5.89. The number of amides is 1. The molecule has 5 heteroatoms. The number of likely N-dealkylation sites (tertiary alicyclic amines) is 1. The van der Waals surface area contributed by atoms with Crippen molar-refractivity contribution in [3.8, 4) is 0 Å². The lowest BCUT2D eigenvalue weighted by molar-refractivity contribution is -0.133. The van der Waals surface area contributed by atoms with Crippen LogP contribution in [0.3, 0.4) is 0 Å².